The first kappa shape index (κ1) is 30.2. The molecule has 6 rings (SSSR count). The van der Waals surface area contributed by atoms with Crippen LogP contribution in [0.5, 0.6) is 0 Å². The summed E-state index contributed by atoms with van der Waals surface area (Å²) in [5, 5.41) is 0.549. The maximum atomic E-state index is 13.9. The van der Waals surface area contributed by atoms with E-state index in [2.05, 4.69) is 22.0 Å². The van der Waals surface area contributed by atoms with Crippen LogP contribution in [0.1, 0.15) is 39.0 Å². The third kappa shape index (κ3) is 6.79. The van der Waals surface area contributed by atoms with Crippen molar-refractivity contribution in [1.82, 2.24) is 14.7 Å². The number of amidine groups is 1. The van der Waals surface area contributed by atoms with Crippen LogP contribution < -0.4 is 4.90 Å². The highest BCUT2D eigenvalue weighted by molar-refractivity contribution is 7.99. The minimum Gasteiger partial charge on any atom is -0.358 e. The number of carbonyl (C=O) groups excluding carboxylic acids is 3. The summed E-state index contributed by atoms with van der Waals surface area (Å²) in [4.78, 5) is 52.4. The first-order valence-corrected chi connectivity index (χ1v) is 16.6. The van der Waals surface area contributed by atoms with Gasteiger partial charge in [-0.2, -0.15) is 11.8 Å². The zero-order valence-corrected chi connectivity index (χ0v) is 26.4. The summed E-state index contributed by atoms with van der Waals surface area (Å²) in [6.07, 6.45) is 1.02. The largest absolute Gasteiger partial charge is 0.358 e. The lowest BCUT2D eigenvalue weighted by molar-refractivity contribution is -0.130. The monoisotopic (exact) mass is 629 g/mol. The van der Waals surface area contributed by atoms with E-state index in [1.165, 1.54) is 0 Å². The van der Waals surface area contributed by atoms with Crippen molar-refractivity contribution in [2.75, 3.05) is 56.2 Å². The van der Waals surface area contributed by atoms with Gasteiger partial charge < -0.3 is 19.6 Å². The second-order valence-electron chi connectivity index (χ2n) is 11.4. The van der Waals surface area contributed by atoms with Crippen molar-refractivity contribution >= 4 is 52.6 Å². The van der Waals surface area contributed by atoms with Gasteiger partial charge in [0.05, 0.1) is 13.1 Å². The third-order valence-corrected chi connectivity index (χ3v) is 9.60. The Balaban J connectivity index is 1.26. The lowest BCUT2D eigenvalue weighted by atomic mass is 10.0. The molecule has 0 aromatic heterocycles. The SMILES string of the molecule is CN1CCN=C1c1ccc(CN2C(=O)CN(C(=O)c3ccc(Cl)cc3)Cc3ccc(CCC(=O)N4CCSCC4)cc32)cc1. The zero-order valence-electron chi connectivity index (χ0n) is 24.9. The van der Waals surface area contributed by atoms with Gasteiger partial charge in [0.25, 0.3) is 5.91 Å². The molecule has 0 N–H and O–H groups in total. The van der Waals surface area contributed by atoms with Gasteiger partial charge >= 0.3 is 0 Å². The van der Waals surface area contributed by atoms with Gasteiger partial charge in [0.15, 0.2) is 0 Å². The number of thioether (sulfide) groups is 1. The number of fused-ring (bicyclic) bond motifs is 1. The van der Waals surface area contributed by atoms with Gasteiger partial charge in [-0.3, -0.25) is 19.4 Å². The number of hydrogen-bond donors (Lipinski definition) is 0. The molecule has 1 saturated heterocycles. The molecule has 10 heteroatoms. The number of benzene rings is 3. The number of hydrogen-bond acceptors (Lipinski definition) is 6. The molecule has 228 valence electrons. The molecular weight excluding hydrogens is 594 g/mol. The summed E-state index contributed by atoms with van der Waals surface area (Å²) < 4.78 is 0. The highest BCUT2D eigenvalue weighted by Gasteiger charge is 2.30. The zero-order chi connectivity index (χ0) is 30.6. The number of nitrogens with zero attached hydrogens (tertiary/aromatic N) is 5. The molecule has 3 aliphatic rings. The predicted molar refractivity (Wildman–Crippen MR) is 177 cm³/mol. The highest BCUT2D eigenvalue weighted by atomic mass is 35.5. The van der Waals surface area contributed by atoms with Crippen LogP contribution in [0.3, 0.4) is 0 Å². The van der Waals surface area contributed by atoms with Crippen LogP contribution in [0.15, 0.2) is 71.7 Å². The third-order valence-electron chi connectivity index (χ3n) is 8.41. The quantitative estimate of drug-likeness (QED) is 0.378. The fourth-order valence-corrected chi connectivity index (χ4v) is 6.92. The maximum Gasteiger partial charge on any atom is 0.254 e. The van der Waals surface area contributed by atoms with Crippen LogP contribution in [0, 0.1) is 0 Å². The minimum absolute atomic E-state index is 0.0450. The van der Waals surface area contributed by atoms with Crippen LogP contribution >= 0.6 is 23.4 Å². The van der Waals surface area contributed by atoms with Crippen molar-refractivity contribution in [1.29, 1.82) is 0 Å². The van der Waals surface area contributed by atoms with E-state index >= 15 is 0 Å². The summed E-state index contributed by atoms with van der Waals surface area (Å²) in [7, 11) is 2.04. The van der Waals surface area contributed by atoms with E-state index in [9.17, 15) is 14.4 Å². The van der Waals surface area contributed by atoms with Crippen LogP contribution in [-0.2, 0) is 29.1 Å². The van der Waals surface area contributed by atoms with E-state index in [-0.39, 0.29) is 24.3 Å². The van der Waals surface area contributed by atoms with Gasteiger partial charge in [-0.05, 0) is 53.4 Å². The number of likely N-dealkylation sites (N-methyl/N-ethyl adjacent to an activating group) is 1. The van der Waals surface area contributed by atoms with Crippen molar-refractivity contribution in [2.45, 2.75) is 25.9 Å². The molecule has 0 aliphatic carbocycles. The molecule has 3 aromatic carbocycles. The van der Waals surface area contributed by atoms with E-state index < -0.39 is 0 Å². The van der Waals surface area contributed by atoms with Gasteiger partial charge in [-0.15, -0.1) is 0 Å². The van der Waals surface area contributed by atoms with E-state index in [1.807, 2.05) is 54.0 Å². The van der Waals surface area contributed by atoms with Crippen molar-refractivity contribution in [3.8, 4) is 0 Å². The normalized spacial score (nSPS) is 17.0. The van der Waals surface area contributed by atoms with E-state index in [4.69, 9.17) is 11.6 Å². The number of halogens is 1. The second-order valence-corrected chi connectivity index (χ2v) is 13.1. The van der Waals surface area contributed by atoms with Gasteiger partial charge in [-0.25, -0.2) is 0 Å². The molecule has 3 aliphatic heterocycles. The average molecular weight is 630 g/mol. The van der Waals surface area contributed by atoms with Crippen LogP contribution in [0.2, 0.25) is 5.02 Å². The summed E-state index contributed by atoms with van der Waals surface area (Å²) in [6.45, 7) is 3.93. The fourth-order valence-electron chi connectivity index (χ4n) is 5.89. The Hall–Kier alpha value is -3.82. The smallest absolute Gasteiger partial charge is 0.254 e. The van der Waals surface area contributed by atoms with Gasteiger partial charge in [0.2, 0.25) is 11.8 Å². The number of anilines is 1. The standard InChI is InChI=1S/C34H36ClN5O3S/c1-37-15-14-36-33(37)26-6-3-25(4-7-26)21-40-30-20-24(5-13-31(41)38-16-18-44-19-17-38)2-8-28(30)22-39(23-32(40)42)34(43)27-9-11-29(35)12-10-27/h2-4,6-12,20H,5,13-19,21-23H2,1H3. The number of carbonyl (C=O) groups is 3. The lowest BCUT2D eigenvalue weighted by Crippen LogP contribution is -2.39. The molecule has 1 fully saturated rings. The van der Waals surface area contributed by atoms with E-state index in [1.54, 1.807) is 34.1 Å². The van der Waals surface area contributed by atoms with Gasteiger partial charge in [0.1, 0.15) is 12.4 Å². The van der Waals surface area contributed by atoms with Crippen LogP contribution in [0.25, 0.3) is 0 Å². The lowest BCUT2D eigenvalue weighted by Gasteiger charge is -2.26. The Bertz CT molecular complexity index is 1570. The van der Waals surface area contributed by atoms with Crippen molar-refractivity contribution in [3.05, 3.63) is 99.6 Å². The number of amides is 3. The molecule has 3 amide bonds. The number of rotatable bonds is 7. The Morgan fingerprint density at radius 3 is 2.32 bits per heavy atom. The Kier molecular flexibility index (Phi) is 9.23. The Morgan fingerprint density at radius 1 is 0.886 bits per heavy atom. The van der Waals surface area contributed by atoms with Crippen molar-refractivity contribution < 1.29 is 14.4 Å². The molecule has 0 bridgehead atoms. The summed E-state index contributed by atoms with van der Waals surface area (Å²) in [5.41, 5.74) is 5.19. The van der Waals surface area contributed by atoms with E-state index in [0.29, 0.717) is 36.5 Å². The van der Waals surface area contributed by atoms with E-state index in [0.717, 1.165) is 71.5 Å². The fraction of sp³-hybridized carbons (Fsp3) is 0.353. The summed E-state index contributed by atoms with van der Waals surface area (Å²) in [5.74, 6) is 2.74. The highest BCUT2D eigenvalue weighted by Crippen LogP contribution is 2.30. The van der Waals surface area contributed by atoms with Crippen molar-refractivity contribution in [3.63, 3.8) is 0 Å². The molecule has 8 nitrogen and oxygen atoms in total. The molecule has 44 heavy (non-hydrogen) atoms. The van der Waals surface area contributed by atoms with Gasteiger partial charge in [0, 0.05) is 73.0 Å². The molecule has 3 heterocycles. The number of aliphatic imine (C=N–C) groups is 1. The Labute approximate surface area is 267 Å². The average Bonchev–Trinajstić information content (AvgIpc) is 3.43. The molecule has 0 spiro atoms. The first-order valence-electron chi connectivity index (χ1n) is 15.0. The second kappa shape index (κ2) is 13.4. The summed E-state index contributed by atoms with van der Waals surface area (Å²) >= 11 is 7.94. The van der Waals surface area contributed by atoms with Crippen LogP contribution in [0.4, 0.5) is 5.69 Å². The molecular formula is C34H36ClN5O3S. The van der Waals surface area contributed by atoms with Crippen molar-refractivity contribution in [2.24, 2.45) is 4.99 Å². The molecule has 0 saturated carbocycles. The predicted octanol–water partition coefficient (Wildman–Crippen LogP) is 4.73. The topological polar surface area (TPSA) is 76.5 Å². The molecule has 0 radical (unpaired) electrons. The summed E-state index contributed by atoms with van der Waals surface area (Å²) in [6, 6.07) is 21.0. The molecule has 0 atom stereocenters. The molecule has 3 aromatic rings. The van der Waals surface area contributed by atoms with Crippen LogP contribution in [-0.4, -0.2) is 89.5 Å². The minimum atomic E-state index is -0.219. The maximum absolute atomic E-state index is 13.9. The molecule has 0 unspecified atom stereocenters. The number of aryl methyl sites for hydroxylation is 1. The Morgan fingerprint density at radius 2 is 1.61 bits per heavy atom. The first-order chi connectivity index (χ1) is 21.4. The van der Waals surface area contributed by atoms with Gasteiger partial charge in [-0.1, -0.05) is 48.0 Å².